The third-order valence-electron chi connectivity index (χ3n) is 4.25. The van der Waals surface area contributed by atoms with Gasteiger partial charge in [0.2, 0.25) is 0 Å². The number of benzene rings is 2. The number of nitrogens with zero attached hydrogens (tertiary/aromatic N) is 1. The summed E-state index contributed by atoms with van der Waals surface area (Å²) < 4.78 is 26.9. The molecule has 10 heteroatoms. The minimum Gasteiger partial charge on any atom is -0.494 e. The van der Waals surface area contributed by atoms with Crippen molar-refractivity contribution in [3.8, 4) is 17.2 Å². The highest BCUT2D eigenvalue weighted by Gasteiger charge is 2.14. The van der Waals surface area contributed by atoms with Gasteiger partial charge in [0.1, 0.15) is 11.3 Å². The number of furan rings is 1. The van der Waals surface area contributed by atoms with Gasteiger partial charge >= 0.3 is 11.9 Å². The number of esters is 1. The van der Waals surface area contributed by atoms with Crippen LogP contribution in [0.5, 0.6) is 17.2 Å². The number of hydrogen-bond acceptors (Lipinski definition) is 8. The smallest absolute Gasteiger partial charge is 0.343 e. The molecule has 0 aliphatic heterocycles. The summed E-state index contributed by atoms with van der Waals surface area (Å²) in [6.45, 7) is 2.18. The van der Waals surface area contributed by atoms with Crippen LogP contribution in [0.15, 0.2) is 50.4 Å². The van der Waals surface area contributed by atoms with Gasteiger partial charge in [-0.05, 0) is 59.3 Å². The van der Waals surface area contributed by atoms with Gasteiger partial charge in [-0.3, -0.25) is 4.79 Å². The summed E-state index contributed by atoms with van der Waals surface area (Å²) in [4.78, 5) is 23.7. The van der Waals surface area contributed by atoms with Crippen molar-refractivity contribution in [2.45, 2.75) is 6.92 Å². The lowest BCUT2D eigenvalue weighted by Crippen LogP contribution is -2.16. The van der Waals surface area contributed by atoms with Crippen LogP contribution in [0.1, 0.15) is 23.0 Å². The Morgan fingerprint density at radius 3 is 2.66 bits per heavy atom. The molecule has 1 heterocycles. The zero-order valence-corrected chi connectivity index (χ0v) is 19.2. The van der Waals surface area contributed by atoms with Crippen LogP contribution in [0.2, 0.25) is 0 Å². The van der Waals surface area contributed by atoms with Crippen LogP contribution in [0.25, 0.3) is 11.0 Å². The first-order chi connectivity index (χ1) is 15.4. The highest BCUT2D eigenvalue weighted by Crippen LogP contribution is 2.33. The topological polar surface area (TPSA) is 109 Å². The summed E-state index contributed by atoms with van der Waals surface area (Å²) in [5, 5.41) is 4.73. The highest BCUT2D eigenvalue weighted by atomic mass is 79.9. The number of hydrazone groups is 1. The maximum atomic E-state index is 12.4. The molecule has 9 nitrogen and oxygen atoms in total. The molecule has 1 N–H and O–H groups in total. The standard InChI is InChI=1S/C22H21BrN2O7/c1-4-30-15-5-6-17-13(7-15)8-20(32-17)22(27)25-24-11-14-9-18(28-2)19(10-16(14)23)31-12-21(26)29-3/h5-11H,4,12H2,1-3H3,(H,25,27)/b24-11+. The van der Waals surface area contributed by atoms with Gasteiger partial charge in [-0.15, -0.1) is 0 Å². The predicted octanol–water partition coefficient (Wildman–Crippen LogP) is 3.92. The molecule has 0 unspecified atom stereocenters. The van der Waals surface area contributed by atoms with Gasteiger partial charge in [-0.1, -0.05) is 0 Å². The molecule has 1 amide bonds. The quantitative estimate of drug-likeness (QED) is 0.267. The van der Waals surface area contributed by atoms with Crippen molar-refractivity contribution in [2.75, 3.05) is 27.4 Å². The number of ether oxygens (including phenoxy) is 4. The van der Waals surface area contributed by atoms with Crippen molar-refractivity contribution >= 4 is 45.0 Å². The zero-order valence-electron chi connectivity index (χ0n) is 17.6. The average Bonchev–Trinajstić information content (AvgIpc) is 3.22. The van der Waals surface area contributed by atoms with Crippen molar-refractivity contribution < 1.29 is 33.0 Å². The molecule has 0 radical (unpaired) electrons. The summed E-state index contributed by atoms with van der Waals surface area (Å²) in [7, 11) is 2.74. The number of hydrogen-bond donors (Lipinski definition) is 1. The summed E-state index contributed by atoms with van der Waals surface area (Å²) in [6.07, 6.45) is 1.43. The Hall–Kier alpha value is -3.53. The van der Waals surface area contributed by atoms with Crippen molar-refractivity contribution in [1.82, 2.24) is 5.43 Å². The molecule has 168 valence electrons. The molecule has 0 saturated carbocycles. The van der Waals surface area contributed by atoms with E-state index >= 15 is 0 Å². The molecule has 3 aromatic rings. The molecule has 0 fully saturated rings. The number of halogens is 1. The van der Waals surface area contributed by atoms with E-state index in [4.69, 9.17) is 18.6 Å². The van der Waals surface area contributed by atoms with Crippen LogP contribution in [0.4, 0.5) is 0 Å². The number of carbonyl (C=O) groups is 2. The number of nitrogens with one attached hydrogen (secondary N) is 1. The molecule has 0 atom stereocenters. The normalized spacial score (nSPS) is 10.9. The SMILES string of the molecule is CCOc1ccc2oc(C(=O)N/N=C/c3cc(OC)c(OCC(=O)OC)cc3Br)cc2c1. The summed E-state index contributed by atoms with van der Waals surface area (Å²) in [5.74, 6) is 0.525. The van der Waals surface area contributed by atoms with Gasteiger partial charge in [0.25, 0.3) is 0 Å². The van der Waals surface area contributed by atoms with Crippen LogP contribution in [0, 0.1) is 0 Å². The first-order valence-corrected chi connectivity index (χ1v) is 10.3. The summed E-state index contributed by atoms with van der Waals surface area (Å²) >= 11 is 3.40. The lowest BCUT2D eigenvalue weighted by molar-refractivity contribution is -0.142. The van der Waals surface area contributed by atoms with E-state index in [0.717, 1.165) is 5.39 Å². The molecule has 0 spiro atoms. The zero-order chi connectivity index (χ0) is 23.1. The molecule has 0 aliphatic carbocycles. The van der Waals surface area contributed by atoms with Gasteiger partial charge in [-0.2, -0.15) is 5.10 Å². The molecule has 3 rings (SSSR count). The van der Waals surface area contributed by atoms with Gasteiger partial charge in [0.05, 0.1) is 27.0 Å². The first-order valence-electron chi connectivity index (χ1n) is 9.52. The van der Waals surface area contributed by atoms with Crippen LogP contribution < -0.4 is 19.6 Å². The van der Waals surface area contributed by atoms with E-state index in [2.05, 4.69) is 31.2 Å². The summed E-state index contributed by atoms with van der Waals surface area (Å²) in [6, 6.07) is 10.2. The van der Waals surface area contributed by atoms with Crippen molar-refractivity contribution in [3.63, 3.8) is 0 Å². The minimum atomic E-state index is -0.517. The Kier molecular flexibility index (Phi) is 7.72. The van der Waals surface area contributed by atoms with Gasteiger partial charge < -0.3 is 23.4 Å². The van der Waals surface area contributed by atoms with Gasteiger partial charge in [0.15, 0.2) is 23.9 Å². The number of methoxy groups -OCH3 is 2. The number of fused-ring (bicyclic) bond motifs is 1. The molecule has 1 aromatic heterocycles. The van der Waals surface area contributed by atoms with Crippen LogP contribution in [0.3, 0.4) is 0 Å². The predicted molar refractivity (Wildman–Crippen MR) is 121 cm³/mol. The van der Waals surface area contributed by atoms with E-state index in [1.807, 2.05) is 6.92 Å². The van der Waals surface area contributed by atoms with Crippen molar-refractivity contribution in [2.24, 2.45) is 5.10 Å². The molecular formula is C22H21BrN2O7. The Bertz CT molecular complexity index is 1160. The Labute approximate surface area is 192 Å². The Morgan fingerprint density at radius 1 is 1.12 bits per heavy atom. The molecule has 0 saturated heterocycles. The molecule has 32 heavy (non-hydrogen) atoms. The van der Waals surface area contributed by atoms with Crippen LogP contribution in [-0.2, 0) is 9.53 Å². The molecule has 0 bridgehead atoms. The second kappa shape index (κ2) is 10.7. The third-order valence-corrected chi connectivity index (χ3v) is 4.94. The molecule has 0 aliphatic rings. The lowest BCUT2D eigenvalue weighted by atomic mass is 10.2. The van der Waals surface area contributed by atoms with E-state index in [1.54, 1.807) is 36.4 Å². The third kappa shape index (κ3) is 5.58. The van der Waals surface area contributed by atoms with Gasteiger partial charge in [-0.25, -0.2) is 10.2 Å². The average molecular weight is 505 g/mol. The fraction of sp³-hybridized carbons (Fsp3) is 0.227. The van der Waals surface area contributed by atoms with Crippen molar-refractivity contribution in [3.05, 3.63) is 52.2 Å². The largest absolute Gasteiger partial charge is 0.494 e. The Balaban J connectivity index is 1.70. The fourth-order valence-corrected chi connectivity index (χ4v) is 3.15. The van der Waals surface area contributed by atoms with E-state index in [1.165, 1.54) is 20.4 Å². The van der Waals surface area contributed by atoms with E-state index < -0.39 is 11.9 Å². The van der Waals surface area contributed by atoms with Crippen LogP contribution in [-0.4, -0.2) is 45.5 Å². The second-order valence-electron chi connectivity index (χ2n) is 6.33. The van der Waals surface area contributed by atoms with Gasteiger partial charge in [0, 0.05) is 15.4 Å². The Morgan fingerprint density at radius 2 is 1.94 bits per heavy atom. The molecular weight excluding hydrogens is 484 g/mol. The monoisotopic (exact) mass is 504 g/mol. The lowest BCUT2D eigenvalue weighted by Gasteiger charge is -2.11. The first kappa shape index (κ1) is 23.1. The maximum absolute atomic E-state index is 12.4. The van der Waals surface area contributed by atoms with Crippen molar-refractivity contribution in [1.29, 1.82) is 0 Å². The summed E-state index contributed by atoms with van der Waals surface area (Å²) in [5.41, 5.74) is 3.60. The fourth-order valence-electron chi connectivity index (χ4n) is 2.72. The number of carbonyl (C=O) groups excluding carboxylic acids is 2. The van der Waals surface area contributed by atoms with E-state index in [0.29, 0.717) is 39.5 Å². The second-order valence-corrected chi connectivity index (χ2v) is 7.19. The van der Waals surface area contributed by atoms with Crippen LogP contribution >= 0.6 is 15.9 Å². The minimum absolute atomic E-state index is 0.119. The number of amides is 1. The molecule has 2 aromatic carbocycles. The maximum Gasteiger partial charge on any atom is 0.343 e. The number of rotatable bonds is 9. The van der Waals surface area contributed by atoms with E-state index in [9.17, 15) is 9.59 Å². The highest BCUT2D eigenvalue weighted by molar-refractivity contribution is 9.10. The van der Waals surface area contributed by atoms with E-state index in [-0.39, 0.29) is 12.4 Å².